The molecule has 4 heteroatoms. The fourth-order valence-corrected chi connectivity index (χ4v) is 2.11. The van der Waals surface area contributed by atoms with Crippen molar-refractivity contribution in [3.8, 4) is 5.75 Å². The molecule has 2 aromatic rings. The monoisotopic (exact) mass is 284 g/mol. The highest BCUT2D eigenvalue weighted by molar-refractivity contribution is 5.95. The van der Waals surface area contributed by atoms with Crippen molar-refractivity contribution in [1.82, 2.24) is 4.90 Å². The number of likely N-dealkylation sites (N-methyl/N-ethyl adjacent to an activating group) is 1. The lowest BCUT2D eigenvalue weighted by Gasteiger charge is -2.18. The fraction of sp³-hybridized carbons (Fsp3) is 0.235. The summed E-state index contributed by atoms with van der Waals surface area (Å²) in [5, 5.41) is 0. The SMILES string of the molecule is COc1cc(C(=O)N(C)CCc2ccccc2)ccc1N. The van der Waals surface area contributed by atoms with Crippen LogP contribution in [0, 0.1) is 0 Å². The van der Waals surface area contributed by atoms with E-state index < -0.39 is 0 Å². The van der Waals surface area contributed by atoms with Gasteiger partial charge in [0, 0.05) is 19.2 Å². The van der Waals surface area contributed by atoms with E-state index in [-0.39, 0.29) is 5.91 Å². The number of benzene rings is 2. The molecule has 2 N–H and O–H groups in total. The van der Waals surface area contributed by atoms with Crippen LogP contribution in [0.15, 0.2) is 48.5 Å². The summed E-state index contributed by atoms with van der Waals surface area (Å²) in [5.74, 6) is 0.488. The van der Waals surface area contributed by atoms with Gasteiger partial charge in [0.25, 0.3) is 5.91 Å². The largest absolute Gasteiger partial charge is 0.495 e. The van der Waals surface area contributed by atoms with Crippen LogP contribution in [0.25, 0.3) is 0 Å². The average molecular weight is 284 g/mol. The van der Waals surface area contributed by atoms with Crippen molar-refractivity contribution in [2.75, 3.05) is 26.4 Å². The number of methoxy groups -OCH3 is 1. The molecule has 0 radical (unpaired) electrons. The Labute approximate surface area is 125 Å². The van der Waals surface area contributed by atoms with Crippen LogP contribution in [-0.4, -0.2) is 31.5 Å². The molecule has 0 saturated heterocycles. The molecule has 0 aromatic heterocycles. The minimum absolute atomic E-state index is 0.0377. The number of carbonyl (C=O) groups excluding carboxylic acids is 1. The van der Waals surface area contributed by atoms with Crippen LogP contribution in [0.5, 0.6) is 5.75 Å². The first kappa shape index (κ1) is 14.9. The Bertz CT molecular complexity index is 611. The van der Waals surface area contributed by atoms with Gasteiger partial charge in [-0.15, -0.1) is 0 Å². The van der Waals surface area contributed by atoms with Crippen molar-refractivity contribution in [2.45, 2.75) is 6.42 Å². The zero-order valence-electron chi connectivity index (χ0n) is 12.4. The smallest absolute Gasteiger partial charge is 0.253 e. The van der Waals surface area contributed by atoms with Gasteiger partial charge < -0.3 is 15.4 Å². The topological polar surface area (TPSA) is 55.6 Å². The van der Waals surface area contributed by atoms with Crippen LogP contribution >= 0.6 is 0 Å². The molecule has 0 unspecified atom stereocenters. The molecule has 2 rings (SSSR count). The Hall–Kier alpha value is -2.49. The van der Waals surface area contributed by atoms with Crippen LogP contribution in [0.1, 0.15) is 15.9 Å². The van der Waals surface area contributed by atoms with Gasteiger partial charge in [0.2, 0.25) is 0 Å². The first-order chi connectivity index (χ1) is 10.1. The van der Waals surface area contributed by atoms with E-state index in [2.05, 4.69) is 12.1 Å². The van der Waals surface area contributed by atoms with Crippen LogP contribution in [0.2, 0.25) is 0 Å². The summed E-state index contributed by atoms with van der Waals surface area (Å²) in [4.78, 5) is 14.1. The van der Waals surface area contributed by atoms with E-state index >= 15 is 0 Å². The van der Waals surface area contributed by atoms with Crippen LogP contribution in [0.4, 0.5) is 5.69 Å². The maximum Gasteiger partial charge on any atom is 0.253 e. The lowest BCUT2D eigenvalue weighted by Crippen LogP contribution is -2.28. The second kappa shape index (κ2) is 6.79. The molecule has 0 heterocycles. The van der Waals surface area contributed by atoms with Crippen molar-refractivity contribution in [1.29, 1.82) is 0 Å². The molecule has 0 aliphatic carbocycles. The summed E-state index contributed by atoms with van der Waals surface area (Å²) >= 11 is 0. The van der Waals surface area contributed by atoms with E-state index in [0.29, 0.717) is 23.5 Å². The summed E-state index contributed by atoms with van der Waals surface area (Å²) in [5.41, 5.74) is 8.08. The molecular weight excluding hydrogens is 264 g/mol. The third-order valence-corrected chi connectivity index (χ3v) is 3.41. The molecule has 110 valence electrons. The number of hydrogen-bond acceptors (Lipinski definition) is 3. The number of nitrogen functional groups attached to an aromatic ring is 1. The fourth-order valence-electron chi connectivity index (χ4n) is 2.11. The number of amides is 1. The van der Waals surface area contributed by atoms with Gasteiger partial charge in [-0.3, -0.25) is 4.79 Å². The molecular formula is C17H20N2O2. The van der Waals surface area contributed by atoms with E-state index in [9.17, 15) is 4.79 Å². The molecule has 0 saturated carbocycles. The third kappa shape index (κ3) is 3.75. The number of hydrogen-bond donors (Lipinski definition) is 1. The number of ether oxygens (including phenoxy) is 1. The van der Waals surface area contributed by atoms with Gasteiger partial charge in [-0.25, -0.2) is 0 Å². The Kier molecular flexibility index (Phi) is 4.82. The van der Waals surface area contributed by atoms with E-state index in [1.807, 2.05) is 18.2 Å². The first-order valence-corrected chi connectivity index (χ1v) is 6.84. The average Bonchev–Trinajstić information content (AvgIpc) is 2.53. The highest BCUT2D eigenvalue weighted by atomic mass is 16.5. The van der Waals surface area contributed by atoms with E-state index in [0.717, 1.165) is 6.42 Å². The first-order valence-electron chi connectivity index (χ1n) is 6.84. The molecule has 0 bridgehead atoms. The number of anilines is 1. The van der Waals surface area contributed by atoms with Gasteiger partial charge in [0.1, 0.15) is 5.75 Å². The second-order valence-corrected chi connectivity index (χ2v) is 4.92. The van der Waals surface area contributed by atoms with Gasteiger partial charge in [-0.05, 0) is 30.2 Å². The summed E-state index contributed by atoms with van der Waals surface area (Å²) in [6, 6.07) is 15.2. The minimum Gasteiger partial charge on any atom is -0.495 e. The predicted molar refractivity (Wildman–Crippen MR) is 84.5 cm³/mol. The standard InChI is InChI=1S/C17H20N2O2/c1-19(11-10-13-6-4-3-5-7-13)17(20)14-8-9-15(18)16(12-14)21-2/h3-9,12H,10-11,18H2,1-2H3. The minimum atomic E-state index is -0.0377. The summed E-state index contributed by atoms with van der Waals surface area (Å²) < 4.78 is 5.15. The molecule has 21 heavy (non-hydrogen) atoms. The van der Waals surface area contributed by atoms with Crippen molar-refractivity contribution in [2.24, 2.45) is 0 Å². The maximum absolute atomic E-state index is 12.4. The molecule has 1 amide bonds. The van der Waals surface area contributed by atoms with Gasteiger partial charge in [0.05, 0.1) is 12.8 Å². The van der Waals surface area contributed by atoms with Crippen molar-refractivity contribution < 1.29 is 9.53 Å². The lowest BCUT2D eigenvalue weighted by atomic mass is 10.1. The number of nitrogens with two attached hydrogens (primary N) is 1. The molecule has 0 aliphatic heterocycles. The quantitative estimate of drug-likeness (QED) is 0.859. The predicted octanol–water partition coefficient (Wildman–Crippen LogP) is 2.59. The van der Waals surface area contributed by atoms with E-state index in [4.69, 9.17) is 10.5 Å². The zero-order chi connectivity index (χ0) is 15.2. The van der Waals surface area contributed by atoms with Crippen molar-refractivity contribution >= 4 is 11.6 Å². The highest BCUT2D eigenvalue weighted by Gasteiger charge is 2.13. The Morgan fingerprint density at radius 3 is 2.57 bits per heavy atom. The molecule has 2 aromatic carbocycles. The second-order valence-electron chi connectivity index (χ2n) is 4.92. The maximum atomic E-state index is 12.4. The Morgan fingerprint density at radius 1 is 1.19 bits per heavy atom. The van der Waals surface area contributed by atoms with Crippen molar-refractivity contribution in [3.05, 3.63) is 59.7 Å². The van der Waals surface area contributed by atoms with Crippen LogP contribution in [0.3, 0.4) is 0 Å². The lowest BCUT2D eigenvalue weighted by molar-refractivity contribution is 0.0796. The molecule has 4 nitrogen and oxygen atoms in total. The van der Waals surface area contributed by atoms with E-state index in [1.54, 1.807) is 37.3 Å². The number of carbonyl (C=O) groups is 1. The summed E-state index contributed by atoms with van der Waals surface area (Å²) in [6.07, 6.45) is 0.829. The summed E-state index contributed by atoms with van der Waals surface area (Å²) in [6.45, 7) is 0.662. The zero-order valence-corrected chi connectivity index (χ0v) is 12.4. The number of nitrogens with zero attached hydrogens (tertiary/aromatic N) is 1. The molecule has 0 spiro atoms. The van der Waals surface area contributed by atoms with Gasteiger partial charge in [0.15, 0.2) is 0 Å². The molecule has 0 atom stereocenters. The van der Waals surface area contributed by atoms with Gasteiger partial charge in [-0.1, -0.05) is 30.3 Å². The van der Waals surface area contributed by atoms with Crippen LogP contribution < -0.4 is 10.5 Å². The van der Waals surface area contributed by atoms with Gasteiger partial charge in [-0.2, -0.15) is 0 Å². The summed E-state index contributed by atoms with van der Waals surface area (Å²) in [7, 11) is 3.34. The highest BCUT2D eigenvalue weighted by Crippen LogP contribution is 2.22. The normalized spacial score (nSPS) is 10.2. The Balaban J connectivity index is 2.02. The van der Waals surface area contributed by atoms with E-state index in [1.165, 1.54) is 5.56 Å². The van der Waals surface area contributed by atoms with Crippen molar-refractivity contribution in [3.63, 3.8) is 0 Å². The van der Waals surface area contributed by atoms with Gasteiger partial charge >= 0.3 is 0 Å². The Morgan fingerprint density at radius 2 is 1.90 bits per heavy atom. The molecule has 0 aliphatic rings. The number of rotatable bonds is 5. The molecule has 0 fully saturated rings. The third-order valence-electron chi connectivity index (χ3n) is 3.41. The van der Waals surface area contributed by atoms with Crippen LogP contribution in [-0.2, 0) is 6.42 Å².